The molecule has 20 heavy (non-hydrogen) atoms. The average molecular weight is 265 g/mol. The van der Waals surface area contributed by atoms with Crippen molar-refractivity contribution in [3.8, 4) is 5.69 Å². The molecule has 0 spiro atoms. The molecule has 0 saturated carbocycles. The predicted octanol–water partition coefficient (Wildman–Crippen LogP) is 1.90. The van der Waals surface area contributed by atoms with Crippen molar-refractivity contribution in [2.24, 2.45) is 5.73 Å². The van der Waals surface area contributed by atoms with Crippen LogP contribution in [0.5, 0.6) is 0 Å². The number of nitrogens with zero attached hydrogens (tertiary/aromatic N) is 4. The third kappa shape index (κ3) is 2.57. The summed E-state index contributed by atoms with van der Waals surface area (Å²) in [5.74, 6) is 0. The summed E-state index contributed by atoms with van der Waals surface area (Å²) < 4.78 is 1.78. The van der Waals surface area contributed by atoms with E-state index < -0.39 is 0 Å². The first-order valence-electron chi connectivity index (χ1n) is 6.45. The maximum atomic E-state index is 6.28. The van der Waals surface area contributed by atoms with E-state index >= 15 is 0 Å². The Morgan fingerprint density at radius 3 is 2.65 bits per heavy atom. The van der Waals surface area contributed by atoms with Crippen LogP contribution in [0.25, 0.3) is 5.69 Å². The fourth-order valence-corrected chi connectivity index (χ4v) is 2.14. The second-order valence-corrected chi connectivity index (χ2v) is 4.58. The molecule has 1 atom stereocenters. The molecule has 1 aromatic carbocycles. The third-order valence-electron chi connectivity index (χ3n) is 3.13. The summed E-state index contributed by atoms with van der Waals surface area (Å²) in [7, 11) is 0. The number of para-hydroxylation sites is 1. The van der Waals surface area contributed by atoms with Crippen LogP contribution in [0, 0.1) is 0 Å². The summed E-state index contributed by atoms with van der Waals surface area (Å²) in [6.07, 6.45) is 6.00. The summed E-state index contributed by atoms with van der Waals surface area (Å²) in [5, 5.41) is 8.10. The van der Waals surface area contributed by atoms with E-state index in [2.05, 4.69) is 15.3 Å². The molecule has 0 fully saturated rings. The first-order chi connectivity index (χ1) is 9.84. The first kappa shape index (κ1) is 12.5. The predicted molar refractivity (Wildman–Crippen MR) is 76.2 cm³/mol. The summed E-state index contributed by atoms with van der Waals surface area (Å²) >= 11 is 0. The smallest absolute Gasteiger partial charge is 0.0816 e. The Hall–Kier alpha value is -2.53. The zero-order valence-electron chi connectivity index (χ0n) is 10.9. The van der Waals surface area contributed by atoms with Crippen molar-refractivity contribution >= 4 is 0 Å². The first-order valence-corrected chi connectivity index (χ1v) is 6.45. The van der Waals surface area contributed by atoms with Gasteiger partial charge < -0.3 is 5.73 Å². The van der Waals surface area contributed by atoms with Gasteiger partial charge in [-0.25, -0.2) is 4.68 Å². The number of pyridine rings is 1. The SMILES string of the molecule is NC(Cc1cccnc1)c1cnnn1-c1ccccc1. The lowest BCUT2D eigenvalue weighted by Gasteiger charge is -2.13. The van der Waals surface area contributed by atoms with E-state index in [4.69, 9.17) is 5.73 Å². The molecular formula is C15H15N5. The Morgan fingerprint density at radius 1 is 1.05 bits per heavy atom. The highest BCUT2D eigenvalue weighted by Crippen LogP contribution is 2.17. The van der Waals surface area contributed by atoms with Gasteiger partial charge in [0.2, 0.25) is 0 Å². The largest absolute Gasteiger partial charge is 0.322 e. The Bertz CT molecular complexity index is 663. The monoisotopic (exact) mass is 265 g/mol. The van der Waals surface area contributed by atoms with Gasteiger partial charge in [-0.05, 0) is 30.2 Å². The zero-order valence-corrected chi connectivity index (χ0v) is 10.9. The van der Waals surface area contributed by atoms with Gasteiger partial charge in [-0.15, -0.1) is 5.10 Å². The fourth-order valence-electron chi connectivity index (χ4n) is 2.14. The van der Waals surface area contributed by atoms with Crippen LogP contribution in [0.1, 0.15) is 17.3 Å². The second kappa shape index (κ2) is 5.63. The highest BCUT2D eigenvalue weighted by atomic mass is 15.4. The lowest BCUT2D eigenvalue weighted by atomic mass is 10.1. The van der Waals surface area contributed by atoms with Crippen molar-refractivity contribution in [2.45, 2.75) is 12.5 Å². The third-order valence-corrected chi connectivity index (χ3v) is 3.13. The van der Waals surface area contributed by atoms with Gasteiger partial charge in [0.1, 0.15) is 0 Å². The summed E-state index contributed by atoms with van der Waals surface area (Å²) in [4.78, 5) is 4.11. The van der Waals surface area contributed by atoms with Gasteiger partial charge in [-0.3, -0.25) is 4.98 Å². The highest BCUT2D eigenvalue weighted by molar-refractivity contribution is 5.32. The van der Waals surface area contributed by atoms with Crippen LogP contribution in [0.15, 0.2) is 61.1 Å². The van der Waals surface area contributed by atoms with Gasteiger partial charge in [0.15, 0.2) is 0 Å². The molecule has 0 aliphatic carbocycles. The number of hydrogen-bond donors (Lipinski definition) is 1. The minimum Gasteiger partial charge on any atom is -0.322 e. The molecule has 0 amide bonds. The quantitative estimate of drug-likeness (QED) is 0.782. The van der Waals surface area contributed by atoms with Crippen LogP contribution in [0.2, 0.25) is 0 Å². The second-order valence-electron chi connectivity index (χ2n) is 4.58. The molecule has 100 valence electrons. The molecular weight excluding hydrogens is 250 g/mol. The Morgan fingerprint density at radius 2 is 1.90 bits per heavy atom. The standard InChI is InChI=1S/C15H15N5/c16-14(9-12-5-4-8-17-10-12)15-11-18-19-20(15)13-6-2-1-3-7-13/h1-8,10-11,14H,9,16H2. The lowest BCUT2D eigenvalue weighted by molar-refractivity contribution is 0.648. The summed E-state index contributed by atoms with van der Waals surface area (Å²) in [6.45, 7) is 0. The average Bonchev–Trinajstić information content (AvgIpc) is 2.99. The number of hydrogen-bond acceptors (Lipinski definition) is 4. The van der Waals surface area contributed by atoms with E-state index in [9.17, 15) is 0 Å². The number of benzene rings is 1. The summed E-state index contributed by atoms with van der Waals surface area (Å²) in [6, 6.07) is 13.6. The van der Waals surface area contributed by atoms with Crippen molar-refractivity contribution in [1.82, 2.24) is 20.0 Å². The molecule has 3 aromatic rings. The van der Waals surface area contributed by atoms with Crippen molar-refractivity contribution in [2.75, 3.05) is 0 Å². The Kier molecular flexibility index (Phi) is 3.52. The molecule has 2 heterocycles. The van der Waals surface area contributed by atoms with Crippen LogP contribution >= 0.6 is 0 Å². The van der Waals surface area contributed by atoms with Crippen LogP contribution < -0.4 is 5.73 Å². The maximum Gasteiger partial charge on any atom is 0.0816 e. The molecule has 0 saturated heterocycles. The fraction of sp³-hybridized carbons (Fsp3) is 0.133. The van der Waals surface area contributed by atoms with Crippen molar-refractivity contribution < 1.29 is 0 Å². The van der Waals surface area contributed by atoms with E-state index in [-0.39, 0.29) is 6.04 Å². The van der Waals surface area contributed by atoms with E-state index in [1.807, 2.05) is 48.7 Å². The molecule has 1 unspecified atom stereocenters. The lowest BCUT2D eigenvalue weighted by Crippen LogP contribution is -2.18. The molecule has 5 nitrogen and oxygen atoms in total. The molecule has 3 rings (SSSR count). The van der Waals surface area contributed by atoms with E-state index in [0.717, 1.165) is 16.9 Å². The molecule has 0 aliphatic rings. The van der Waals surface area contributed by atoms with Gasteiger partial charge in [0, 0.05) is 12.4 Å². The highest BCUT2D eigenvalue weighted by Gasteiger charge is 2.14. The van der Waals surface area contributed by atoms with Crippen LogP contribution in [-0.2, 0) is 6.42 Å². The molecule has 0 radical (unpaired) electrons. The van der Waals surface area contributed by atoms with Gasteiger partial charge in [-0.1, -0.05) is 29.5 Å². The number of nitrogens with two attached hydrogens (primary N) is 1. The Labute approximate surface area is 117 Å². The van der Waals surface area contributed by atoms with Crippen molar-refractivity contribution in [3.05, 3.63) is 72.3 Å². The maximum absolute atomic E-state index is 6.28. The zero-order chi connectivity index (χ0) is 13.8. The van der Waals surface area contributed by atoms with E-state index in [0.29, 0.717) is 6.42 Å². The van der Waals surface area contributed by atoms with Gasteiger partial charge >= 0.3 is 0 Å². The van der Waals surface area contributed by atoms with E-state index in [1.54, 1.807) is 17.1 Å². The van der Waals surface area contributed by atoms with E-state index in [1.165, 1.54) is 0 Å². The summed E-state index contributed by atoms with van der Waals surface area (Å²) in [5.41, 5.74) is 9.23. The minimum atomic E-state index is -0.172. The normalized spacial score (nSPS) is 12.2. The topological polar surface area (TPSA) is 69.6 Å². The molecule has 2 N–H and O–H groups in total. The minimum absolute atomic E-state index is 0.172. The van der Waals surface area contributed by atoms with Gasteiger partial charge in [-0.2, -0.15) is 0 Å². The molecule has 0 bridgehead atoms. The molecule has 5 heteroatoms. The van der Waals surface area contributed by atoms with Crippen LogP contribution in [0.4, 0.5) is 0 Å². The Balaban J connectivity index is 1.86. The number of aromatic nitrogens is 4. The van der Waals surface area contributed by atoms with Crippen LogP contribution in [0.3, 0.4) is 0 Å². The van der Waals surface area contributed by atoms with Crippen molar-refractivity contribution in [1.29, 1.82) is 0 Å². The van der Waals surface area contributed by atoms with Crippen LogP contribution in [-0.4, -0.2) is 20.0 Å². The van der Waals surface area contributed by atoms with Crippen molar-refractivity contribution in [3.63, 3.8) is 0 Å². The van der Waals surface area contributed by atoms with Gasteiger partial charge in [0.05, 0.1) is 23.6 Å². The molecule has 2 aromatic heterocycles. The van der Waals surface area contributed by atoms with Gasteiger partial charge in [0.25, 0.3) is 0 Å². The number of rotatable bonds is 4. The molecule has 0 aliphatic heterocycles.